The predicted molar refractivity (Wildman–Crippen MR) is 92.6 cm³/mol. The first kappa shape index (κ1) is 17.9. The third-order valence-corrected chi connectivity index (χ3v) is 3.76. The molecule has 1 aromatic carbocycles. The number of allylic oxidation sites excluding steroid dienone is 1. The van der Waals surface area contributed by atoms with Gasteiger partial charge >= 0.3 is 5.97 Å². The van der Waals surface area contributed by atoms with Gasteiger partial charge in [-0.1, -0.05) is 12.1 Å². The highest BCUT2D eigenvalue weighted by atomic mass is 16.5. The first-order valence-electron chi connectivity index (χ1n) is 7.73. The number of rotatable bonds is 7. The quantitative estimate of drug-likeness (QED) is 0.323. The van der Waals surface area contributed by atoms with Crippen LogP contribution in [0.15, 0.2) is 42.6 Å². The van der Waals surface area contributed by atoms with Crippen LogP contribution >= 0.6 is 0 Å². The molecule has 0 aliphatic heterocycles. The van der Waals surface area contributed by atoms with Crippen LogP contribution in [0.2, 0.25) is 0 Å². The molecule has 3 rings (SSSR count). The van der Waals surface area contributed by atoms with E-state index in [2.05, 4.69) is 20.6 Å². The van der Waals surface area contributed by atoms with E-state index in [1.165, 1.54) is 16.8 Å². The van der Waals surface area contributed by atoms with Crippen LogP contribution < -0.4 is 4.74 Å². The molecule has 0 amide bonds. The number of aromatic nitrogens is 5. The van der Waals surface area contributed by atoms with Crippen molar-refractivity contribution in [2.45, 2.75) is 6.54 Å². The molecule has 27 heavy (non-hydrogen) atoms. The van der Waals surface area contributed by atoms with Gasteiger partial charge in [0, 0.05) is 24.4 Å². The molecule has 0 aliphatic rings. The van der Waals surface area contributed by atoms with Gasteiger partial charge < -0.3 is 19.5 Å². The summed E-state index contributed by atoms with van der Waals surface area (Å²) < 4.78 is 6.55. The van der Waals surface area contributed by atoms with E-state index in [0.29, 0.717) is 5.75 Å². The number of hydrogen-bond donors (Lipinski definition) is 3. The monoisotopic (exact) mass is 369 g/mol. The first-order chi connectivity index (χ1) is 13.0. The Hall–Kier alpha value is -3.95. The van der Waals surface area contributed by atoms with Crippen molar-refractivity contribution in [1.29, 1.82) is 0 Å². The Morgan fingerprint density at radius 2 is 2.00 bits per heavy atom. The van der Waals surface area contributed by atoms with Crippen molar-refractivity contribution in [3.8, 4) is 5.75 Å². The molecule has 0 saturated heterocycles. The molecule has 0 fully saturated rings. The zero-order valence-electron chi connectivity index (χ0n) is 14.2. The Labute approximate surface area is 152 Å². The highest BCUT2D eigenvalue weighted by Crippen LogP contribution is 2.19. The van der Waals surface area contributed by atoms with Crippen LogP contribution in [0.4, 0.5) is 0 Å². The number of carboxylic acids is 1. The smallest absolute Gasteiger partial charge is 0.352 e. The molecule has 10 heteroatoms. The summed E-state index contributed by atoms with van der Waals surface area (Å²) in [6.07, 6.45) is 2.35. The molecule has 10 nitrogen and oxygen atoms in total. The number of tetrazole rings is 1. The van der Waals surface area contributed by atoms with Gasteiger partial charge in [0.15, 0.2) is 0 Å². The van der Waals surface area contributed by atoms with Crippen molar-refractivity contribution in [3.05, 3.63) is 65.2 Å². The molecular weight excluding hydrogens is 354 g/mol. The van der Waals surface area contributed by atoms with Crippen molar-refractivity contribution in [2.75, 3.05) is 7.11 Å². The molecule has 0 bridgehead atoms. The van der Waals surface area contributed by atoms with Crippen molar-refractivity contribution >= 4 is 17.5 Å². The highest BCUT2D eigenvalue weighted by molar-refractivity contribution is 6.05. The Morgan fingerprint density at radius 3 is 2.59 bits per heavy atom. The second kappa shape index (κ2) is 7.52. The van der Waals surface area contributed by atoms with Crippen molar-refractivity contribution in [3.63, 3.8) is 0 Å². The molecule has 2 aromatic heterocycles. The second-order valence-corrected chi connectivity index (χ2v) is 5.52. The number of aliphatic hydroxyl groups excluding tert-OH is 1. The molecule has 0 radical (unpaired) electrons. The van der Waals surface area contributed by atoms with Crippen LogP contribution in [-0.2, 0) is 6.54 Å². The average Bonchev–Trinajstić information content (AvgIpc) is 3.32. The summed E-state index contributed by atoms with van der Waals surface area (Å²) in [5, 5.41) is 32.0. The maximum Gasteiger partial charge on any atom is 0.352 e. The molecule has 0 spiro atoms. The molecule has 0 atom stereocenters. The molecule has 3 N–H and O–H groups in total. The molecule has 0 unspecified atom stereocenters. The van der Waals surface area contributed by atoms with Gasteiger partial charge in [0.25, 0.3) is 0 Å². The lowest BCUT2D eigenvalue weighted by atomic mass is 10.2. The van der Waals surface area contributed by atoms with Crippen LogP contribution in [0.5, 0.6) is 5.75 Å². The normalized spacial score (nSPS) is 11.4. The topological polar surface area (TPSA) is 143 Å². The number of aromatic amines is 1. The number of benzene rings is 1. The van der Waals surface area contributed by atoms with Gasteiger partial charge in [0.2, 0.25) is 11.6 Å². The van der Waals surface area contributed by atoms with E-state index < -0.39 is 17.5 Å². The SMILES string of the molecule is COc1ccc(Cn2cc(C(O)=CC(=O)c3nn[nH]n3)cc2C(=O)O)cc1. The minimum absolute atomic E-state index is 0.0345. The minimum Gasteiger partial charge on any atom is -0.507 e. The average molecular weight is 369 g/mol. The number of aliphatic hydroxyl groups is 1. The lowest BCUT2D eigenvalue weighted by Gasteiger charge is -2.07. The molecule has 0 saturated carbocycles. The zero-order chi connectivity index (χ0) is 19.4. The van der Waals surface area contributed by atoms with Gasteiger partial charge in [-0.3, -0.25) is 4.79 Å². The van der Waals surface area contributed by atoms with Crippen molar-refractivity contribution in [2.24, 2.45) is 0 Å². The maximum atomic E-state index is 11.9. The summed E-state index contributed by atoms with van der Waals surface area (Å²) in [4.78, 5) is 23.4. The summed E-state index contributed by atoms with van der Waals surface area (Å²) in [5.74, 6) is -1.75. The van der Waals surface area contributed by atoms with E-state index in [9.17, 15) is 19.8 Å². The van der Waals surface area contributed by atoms with Crippen LogP contribution in [0.25, 0.3) is 5.76 Å². The van der Waals surface area contributed by atoms with Gasteiger partial charge in [-0.2, -0.15) is 5.21 Å². The highest BCUT2D eigenvalue weighted by Gasteiger charge is 2.17. The number of ketones is 1. The van der Waals surface area contributed by atoms with Crippen LogP contribution in [-0.4, -0.2) is 54.3 Å². The zero-order valence-corrected chi connectivity index (χ0v) is 14.2. The van der Waals surface area contributed by atoms with Crippen LogP contribution in [0, 0.1) is 0 Å². The number of hydrogen-bond acceptors (Lipinski definition) is 7. The molecule has 3 aromatic rings. The van der Waals surface area contributed by atoms with E-state index in [4.69, 9.17) is 4.74 Å². The van der Waals surface area contributed by atoms with Gasteiger partial charge in [0.1, 0.15) is 17.2 Å². The minimum atomic E-state index is -1.16. The Balaban J connectivity index is 1.88. The Bertz CT molecular complexity index is 989. The van der Waals surface area contributed by atoms with Gasteiger partial charge in [-0.25, -0.2) is 4.79 Å². The number of methoxy groups -OCH3 is 1. The Kier molecular flexibility index (Phi) is 4.97. The molecular formula is C17H15N5O5. The molecule has 2 heterocycles. The number of H-pyrrole nitrogens is 1. The van der Waals surface area contributed by atoms with Crippen LogP contribution in [0.3, 0.4) is 0 Å². The van der Waals surface area contributed by atoms with Crippen LogP contribution in [0.1, 0.15) is 32.2 Å². The van der Waals surface area contributed by atoms with Gasteiger partial charge in [0.05, 0.1) is 7.11 Å². The standard InChI is InChI=1S/C17H15N5O5/c1-27-12-4-2-10(3-5-12)8-22-9-11(6-13(22)17(25)26)14(23)7-15(24)16-18-20-21-19-16/h2-7,9,23H,8H2,1H3,(H,25,26)(H,18,19,20,21). The second-order valence-electron chi connectivity index (χ2n) is 5.52. The summed E-state index contributed by atoms with van der Waals surface area (Å²) in [7, 11) is 1.56. The number of carboxylic acid groups (broad SMARTS) is 1. The largest absolute Gasteiger partial charge is 0.507 e. The summed E-state index contributed by atoms with van der Waals surface area (Å²) >= 11 is 0. The summed E-state index contributed by atoms with van der Waals surface area (Å²) in [6.45, 7) is 0.262. The molecule has 0 aliphatic carbocycles. The van der Waals surface area contributed by atoms with E-state index >= 15 is 0 Å². The number of ether oxygens (including phenoxy) is 1. The van der Waals surface area contributed by atoms with E-state index in [-0.39, 0.29) is 23.6 Å². The summed E-state index contributed by atoms with van der Waals surface area (Å²) in [6, 6.07) is 8.42. The van der Waals surface area contributed by atoms with Crippen molar-refractivity contribution < 1.29 is 24.5 Å². The van der Waals surface area contributed by atoms with E-state index in [1.54, 1.807) is 31.4 Å². The number of aromatic carboxylic acids is 1. The lowest BCUT2D eigenvalue weighted by Crippen LogP contribution is -2.08. The van der Waals surface area contributed by atoms with E-state index in [0.717, 1.165) is 11.6 Å². The predicted octanol–water partition coefficient (Wildman–Crippen LogP) is 1.54. The maximum absolute atomic E-state index is 11.9. The fourth-order valence-corrected chi connectivity index (χ4v) is 2.43. The number of carbonyl (C=O) groups is 2. The third kappa shape index (κ3) is 4.00. The number of nitrogens with zero attached hydrogens (tertiary/aromatic N) is 4. The number of nitrogens with one attached hydrogen (secondary N) is 1. The summed E-state index contributed by atoms with van der Waals surface area (Å²) in [5.41, 5.74) is 0.984. The Morgan fingerprint density at radius 1 is 1.26 bits per heavy atom. The van der Waals surface area contributed by atoms with Gasteiger partial charge in [-0.05, 0) is 29.0 Å². The number of carbonyl (C=O) groups excluding carboxylic acids is 1. The first-order valence-corrected chi connectivity index (χ1v) is 7.73. The fraction of sp³-hybridized carbons (Fsp3) is 0.118. The fourth-order valence-electron chi connectivity index (χ4n) is 2.43. The molecule has 138 valence electrons. The van der Waals surface area contributed by atoms with E-state index in [1.807, 2.05) is 0 Å². The third-order valence-electron chi connectivity index (χ3n) is 3.76. The van der Waals surface area contributed by atoms with Gasteiger partial charge in [-0.15, -0.1) is 10.2 Å². The van der Waals surface area contributed by atoms with Crippen molar-refractivity contribution in [1.82, 2.24) is 25.2 Å². The lowest BCUT2D eigenvalue weighted by molar-refractivity contribution is 0.0685.